The van der Waals surface area contributed by atoms with Gasteiger partial charge in [-0.1, -0.05) is 188 Å². The summed E-state index contributed by atoms with van der Waals surface area (Å²) in [6, 6.07) is -0.616. The standard InChI is InChI=1S/C43H88N2O4/c1-5-8-11-14-17-20-23-26-31-39(4)37-45(38-41(47)33-28-25-22-19-16-13-10-7-3)35-30-29-34-42(43(48)49)44-36-40(46)32-27-24-21-18-15-12-9-6-2/h39-42,44,46-47H,5-38H2,1-4H3,(H,48,49). The van der Waals surface area contributed by atoms with Crippen molar-refractivity contribution in [2.45, 2.75) is 239 Å². The molecule has 0 aromatic carbocycles. The largest absolute Gasteiger partial charge is 0.480 e. The van der Waals surface area contributed by atoms with Gasteiger partial charge in [-0.15, -0.1) is 0 Å². The third-order valence-electron chi connectivity index (χ3n) is 10.5. The van der Waals surface area contributed by atoms with Crippen LogP contribution in [0.25, 0.3) is 0 Å². The zero-order chi connectivity index (χ0) is 36.2. The van der Waals surface area contributed by atoms with Crippen LogP contribution in [0.5, 0.6) is 0 Å². The Morgan fingerprint density at radius 2 is 0.898 bits per heavy atom. The van der Waals surface area contributed by atoms with Crippen LogP contribution in [-0.2, 0) is 4.79 Å². The monoisotopic (exact) mass is 697 g/mol. The fourth-order valence-corrected chi connectivity index (χ4v) is 7.21. The molecule has 4 N–H and O–H groups in total. The van der Waals surface area contributed by atoms with Crippen molar-refractivity contribution in [3.8, 4) is 0 Å². The molecule has 0 bridgehead atoms. The average molecular weight is 697 g/mol. The summed E-state index contributed by atoms with van der Waals surface area (Å²) in [5, 5.41) is 34.4. The van der Waals surface area contributed by atoms with Gasteiger partial charge in [0.1, 0.15) is 6.04 Å². The predicted octanol–water partition coefficient (Wildman–Crippen LogP) is 11.5. The Kier molecular flexibility index (Phi) is 36.6. The van der Waals surface area contributed by atoms with Gasteiger partial charge in [0, 0.05) is 19.6 Å². The van der Waals surface area contributed by atoms with E-state index >= 15 is 0 Å². The number of hydrogen-bond donors (Lipinski definition) is 4. The fourth-order valence-electron chi connectivity index (χ4n) is 7.21. The van der Waals surface area contributed by atoms with Crippen molar-refractivity contribution in [3.05, 3.63) is 0 Å². The van der Waals surface area contributed by atoms with Crippen LogP contribution in [0, 0.1) is 5.92 Å². The number of carboxylic acids is 1. The van der Waals surface area contributed by atoms with Crippen LogP contribution in [0.15, 0.2) is 0 Å². The number of carboxylic acid groups (broad SMARTS) is 1. The Bertz CT molecular complexity index is 650. The maximum Gasteiger partial charge on any atom is 0.320 e. The summed E-state index contributed by atoms with van der Waals surface area (Å²) in [7, 11) is 0. The molecule has 294 valence electrons. The molecule has 0 aliphatic carbocycles. The highest BCUT2D eigenvalue weighted by molar-refractivity contribution is 5.73. The highest BCUT2D eigenvalue weighted by atomic mass is 16.4. The van der Waals surface area contributed by atoms with Crippen molar-refractivity contribution in [1.29, 1.82) is 0 Å². The summed E-state index contributed by atoms with van der Waals surface area (Å²) < 4.78 is 0. The quantitative estimate of drug-likeness (QED) is 0.0477. The lowest BCUT2D eigenvalue weighted by Crippen LogP contribution is -2.41. The Labute approximate surface area is 306 Å². The number of hydrogen-bond acceptors (Lipinski definition) is 5. The number of aliphatic hydroxyl groups is 2. The molecule has 49 heavy (non-hydrogen) atoms. The topological polar surface area (TPSA) is 93.0 Å². The molecule has 4 atom stereocenters. The minimum absolute atomic E-state index is 0.286. The van der Waals surface area contributed by atoms with Crippen molar-refractivity contribution < 1.29 is 20.1 Å². The fraction of sp³-hybridized carbons (Fsp3) is 0.977. The van der Waals surface area contributed by atoms with Gasteiger partial charge in [-0.3, -0.25) is 4.79 Å². The predicted molar refractivity (Wildman–Crippen MR) is 213 cm³/mol. The van der Waals surface area contributed by atoms with E-state index in [0.29, 0.717) is 18.9 Å². The van der Waals surface area contributed by atoms with Crippen molar-refractivity contribution in [2.75, 3.05) is 26.2 Å². The number of carbonyl (C=O) groups is 1. The first-order valence-corrected chi connectivity index (χ1v) is 21.9. The molecule has 0 fully saturated rings. The highest BCUT2D eigenvalue weighted by Crippen LogP contribution is 2.17. The molecular weight excluding hydrogens is 608 g/mol. The lowest BCUT2D eigenvalue weighted by atomic mass is 10.00. The maximum atomic E-state index is 12.0. The van der Waals surface area contributed by atoms with E-state index in [0.717, 1.165) is 64.6 Å². The van der Waals surface area contributed by atoms with Crippen LogP contribution in [0.2, 0.25) is 0 Å². The molecule has 0 spiro atoms. The SMILES string of the molecule is CCCCCCCCCCC(C)CN(CCCCC(NCC(O)CCCCCCCCCC)C(=O)O)CC(O)CCCCCCCCCC. The van der Waals surface area contributed by atoms with E-state index in [9.17, 15) is 20.1 Å². The van der Waals surface area contributed by atoms with Crippen LogP contribution in [0.4, 0.5) is 0 Å². The molecule has 6 heteroatoms. The Balaban J connectivity index is 4.57. The molecule has 0 aromatic rings. The zero-order valence-electron chi connectivity index (χ0n) is 33.5. The van der Waals surface area contributed by atoms with Gasteiger partial charge < -0.3 is 25.5 Å². The molecule has 0 radical (unpaired) electrons. The molecule has 0 amide bonds. The van der Waals surface area contributed by atoms with Crippen LogP contribution in [0.1, 0.15) is 220 Å². The smallest absolute Gasteiger partial charge is 0.320 e. The van der Waals surface area contributed by atoms with Crippen molar-refractivity contribution in [2.24, 2.45) is 5.92 Å². The average Bonchev–Trinajstić information content (AvgIpc) is 3.07. The second kappa shape index (κ2) is 37.1. The van der Waals surface area contributed by atoms with Crippen LogP contribution in [-0.4, -0.2) is 70.6 Å². The lowest BCUT2D eigenvalue weighted by Gasteiger charge is -2.28. The van der Waals surface area contributed by atoms with Gasteiger partial charge in [0.05, 0.1) is 12.2 Å². The first-order valence-electron chi connectivity index (χ1n) is 21.9. The molecule has 0 heterocycles. The summed E-state index contributed by atoms with van der Waals surface area (Å²) >= 11 is 0. The van der Waals surface area contributed by atoms with Crippen LogP contribution < -0.4 is 5.32 Å². The maximum absolute atomic E-state index is 12.0. The summed E-state index contributed by atoms with van der Waals surface area (Å²) in [4.78, 5) is 14.4. The van der Waals surface area contributed by atoms with Gasteiger partial charge in [-0.05, 0) is 44.6 Å². The van der Waals surface area contributed by atoms with Crippen molar-refractivity contribution in [3.63, 3.8) is 0 Å². The van der Waals surface area contributed by atoms with E-state index < -0.39 is 18.1 Å². The Morgan fingerprint density at radius 3 is 1.35 bits per heavy atom. The normalized spacial score (nSPS) is 14.3. The van der Waals surface area contributed by atoms with E-state index in [1.165, 1.54) is 141 Å². The molecule has 0 aromatic heterocycles. The molecule has 0 aliphatic heterocycles. The molecule has 0 aliphatic rings. The summed E-state index contributed by atoms with van der Waals surface area (Å²) in [6.45, 7) is 12.1. The third-order valence-corrected chi connectivity index (χ3v) is 10.5. The number of unbranched alkanes of at least 4 members (excludes halogenated alkanes) is 22. The summed E-state index contributed by atoms with van der Waals surface area (Å²) in [5.74, 6) is -0.220. The van der Waals surface area contributed by atoms with E-state index in [-0.39, 0.29) is 6.10 Å². The molecular formula is C43H88N2O4. The number of nitrogens with zero attached hydrogens (tertiary/aromatic N) is 1. The van der Waals surface area contributed by atoms with E-state index in [1.54, 1.807) is 0 Å². The van der Waals surface area contributed by atoms with Gasteiger partial charge in [0.15, 0.2) is 0 Å². The van der Waals surface area contributed by atoms with Gasteiger partial charge in [-0.2, -0.15) is 0 Å². The number of aliphatic carboxylic acids is 1. The molecule has 4 unspecified atom stereocenters. The lowest BCUT2D eigenvalue weighted by molar-refractivity contribution is -0.139. The van der Waals surface area contributed by atoms with Gasteiger partial charge >= 0.3 is 5.97 Å². The number of rotatable bonds is 40. The first-order chi connectivity index (χ1) is 23.8. The summed E-state index contributed by atoms with van der Waals surface area (Å²) in [5.41, 5.74) is 0. The molecule has 0 rings (SSSR count). The highest BCUT2D eigenvalue weighted by Gasteiger charge is 2.19. The summed E-state index contributed by atoms with van der Waals surface area (Å²) in [6.07, 6.45) is 35.4. The first kappa shape index (κ1) is 48.3. The van der Waals surface area contributed by atoms with Crippen LogP contribution >= 0.6 is 0 Å². The van der Waals surface area contributed by atoms with Crippen molar-refractivity contribution >= 4 is 5.97 Å². The van der Waals surface area contributed by atoms with Gasteiger partial charge in [0.2, 0.25) is 0 Å². The third kappa shape index (κ3) is 34.2. The van der Waals surface area contributed by atoms with E-state index in [2.05, 4.69) is 37.9 Å². The second-order valence-corrected chi connectivity index (χ2v) is 15.8. The number of aliphatic hydroxyl groups excluding tert-OH is 2. The Hall–Kier alpha value is -0.690. The molecule has 0 saturated carbocycles. The number of nitrogens with one attached hydrogen (secondary N) is 1. The van der Waals surface area contributed by atoms with E-state index in [1.807, 2.05) is 0 Å². The minimum Gasteiger partial charge on any atom is -0.480 e. The van der Waals surface area contributed by atoms with E-state index in [4.69, 9.17) is 0 Å². The van der Waals surface area contributed by atoms with Crippen LogP contribution in [0.3, 0.4) is 0 Å². The zero-order valence-corrected chi connectivity index (χ0v) is 33.5. The minimum atomic E-state index is -0.823. The Morgan fingerprint density at radius 1 is 0.510 bits per heavy atom. The second-order valence-electron chi connectivity index (χ2n) is 15.8. The molecule has 0 saturated heterocycles. The van der Waals surface area contributed by atoms with Gasteiger partial charge in [0.25, 0.3) is 0 Å². The van der Waals surface area contributed by atoms with Crippen molar-refractivity contribution in [1.82, 2.24) is 10.2 Å². The van der Waals surface area contributed by atoms with Gasteiger partial charge in [-0.25, -0.2) is 0 Å². The molecule has 6 nitrogen and oxygen atoms in total.